The van der Waals surface area contributed by atoms with E-state index in [4.69, 9.17) is 27.9 Å². The summed E-state index contributed by atoms with van der Waals surface area (Å²) in [4.78, 5) is 2.44. The van der Waals surface area contributed by atoms with Crippen LogP contribution >= 0.6 is 23.2 Å². The molecule has 1 aliphatic heterocycles. The topological polar surface area (TPSA) is 12.5 Å². The van der Waals surface area contributed by atoms with Crippen LogP contribution in [0.4, 0.5) is 0 Å². The van der Waals surface area contributed by atoms with Crippen molar-refractivity contribution in [3.8, 4) is 5.75 Å². The first-order valence-electron chi connectivity index (χ1n) is 6.46. The van der Waals surface area contributed by atoms with Gasteiger partial charge in [-0.05, 0) is 44.0 Å². The molecule has 1 heterocycles. The quantitative estimate of drug-likeness (QED) is 0.827. The van der Waals surface area contributed by atoms with Gasteiger partial charge in [-0.2, -0.15) is 0 Å². The summed E-state index contributed by atoms with van der Waals surface area (Å²) in [6.45, 7) is 6.23. The van der Waals surface area contributed by atoms with Crippen molar-refractivity contribution in [2.24, 2.45) is 5.92 Å². The van der Waals surface area contributed by atoms with Crippen LogP contribution in [-0.2, 0) is 0 Å². The molecule has 1 aliphatic rings. The van der Waals surface area contributed by atoms with Gasteiger partial charge in [0.05, 0.1) is 10.0 Å². The fourth-order valence-corrected chi connectivity index (χ4v) is 2.69. The lowest BCUT2D eigenvalue weighted by atomic mass is 9.99. The van der Waals surface area contributed by atoms with E-state index in [1.807, 2.05) is 6.07 Å². The summed E-state index contributed by atoms with van der Waals surface area (Å²) in [7, 11) is 0. The molecular weight excluding hydrogens is 269 g/mol. The molecule has 0 N–H and O–H groups in total. The molecule has 0 atom stereocenters. The fraction of sp³-hybridized carbons (Fsp3) is 0.571. The van der Waals surface area contributed by atoms with Crippen molar-refractivity contribution in [1.82, 2.24) is 4.90 Å². The van der Waals surface area contributed by atoms with E-state index in [0.29, 0.717) is 22.4 Å². The Morgan fingerprint density at radius 3 is 2.44 bits per heavy atom. The van der Waals surface area contributed by atoms with Crippen LogP contribution in [0.25, 0.3) is 0 Å². The van der Waals surface area contributed by atoms with E-state index >= 15 is 0 Å². The van der Waals surface area contributed by atoms with Crippen LogP contribution in [-0.4, -0.2) is 31.1 Å². The predicted octanol–water partition coefficient (Wildman–Crippen LogP) is 4.10. The molecule has 0 bridgehead atoms. The van der Waals surface area contributed by atoms with Gasteiger partial charge >= 0.3 is 0 Å². The summed E-state index contributed by atoms with van der Waals surface area (Å²) >= 11 is 12.1. The van der Waals surface area contributed by atoms with Crippen LogP contribution in [0, 0.1) is 5.92 Å². The molecule has 2 rings (SSSR count). The number of hydrogen-bond acceptors (Lipinski definition) is 2. The molecule has 0 saturated carbocycles. The molecule has 100 valence electrons. The molecule has 0 amide bonds. The molecule has 1 aromatic carbocycles. The van der Waals surface area contributed by atoms with E-state index in [1.165, 1.54) is 25.9 Å². The summed E-state index contributed by atoms with van der Waals surface area (Å²) in [6, 6.07) is 5.42. The van der Waals surface area contributed by atoms with Crippen molar-refractivity contribution in [1.29, 1.82) is 0 Å². The normalized spacial score (nSPS) is 17.9. The maximum Gasteiger partial charge on any atom is 0.156 e. The second kappa shape index (κ2) is 6.65. The molecule has 1 saturated heterocycles. The Balaban J connectivity index is 1.78. The highest BCUT2D eigenvalue weighted by molar-refractivity contribution is 6.37. The highest BCUT2D eigenvalue weighted by atomic mass is 35.5. The average molecular weight is 288 g/mol. The van der Waals surface area contributed by atoms with Crippen LogP contribution in [0.1, 0.15) is 19.8 Å². The van der Waals surface area contributed by atoms with Gasteiger partial charge in [-0.1, -0.05) is 36.2 Å². The van der Waals surface area contributed by atoms with Crippen molar-refractivity contribution < 1.29 is 4.74 Å². The summed E-state index contributed by atoms with van der Waals surface area (Å²) in [6.07, 6.45) is 2.57. The Hall–Kier alpha value is -0.440. The van der Waals surface area contributed by atoms with Crippen LogP contribution in [0.3, 0.4) is 0 Å². The third kappa shape index (κ3) is 3.78. The lowest BCUT2D eigenvalue weighted by Gasteiger charge is -2.30. The molecule has 4 heteroatoms. The fourth-order valence-electron chi connectivity index (χ4n) is 2.18. The van der Waals surface area contributed by atoms with E-state index < -0.39 is 0 Å². The molecular formula is C14H19Cl2NO. The molecule has 0 aromatic heterocycles. The number of benzene rings is 1. The monoisotopic (exact) mass is 287 g/mol. The van der Waals surface area contributed by atoms with Crippen molar-refractivity contribution >= 4 is 23.2 Å². The van der Waals surface area contributed by atoms with E-state index in [0.717, 1.165) is 12.5 Å². The van der Waals surface area contributed by atoms with Crippen molar-refractivity contribution in [3.05, 3.63) is 28.2 Å². The largest absolute Gasteiger partial charge is 0.489 e. The average Bonchev–Trinajstić information content (AvgIpc) is 2.35. The Morgan fingerprint density at radius 2 is 1.83 bits per heavy atom. The number of halogens is 2. The minimum absolute atomic E-state index is 0.578. The molecule has 18 heavy (non-hydrogen) atoms. The molecule has 0 spiro atoms. The summed E-state index contributed by atoms with van der Waals surface area (Å²) in [5.41, 5.74) is 0. The maximum absolute atomic E-state index is 6.05. The zero-order valence-corrected chi connectivity index (χ0v) is 12.2. The third-order valence-electron chi connectivity index (χ3n) is 3.45. The molecule has 0 unspecified atom stereocenters. The molecule has 1 aromatic rings. The smallest absolute Gasteiger partial charge is 0.156 e. The second-order valence-electron chi connectivity index (χ2n) is 4.92. The maximum atomic E-state index is 6.05. The highest BCUT2D eigenvalue weighted by Crippen LogP contribution is 2.32. The van der Waals surface area contributed by atoms with Crippen LogP contribution in [0.15, 0.2) is 18.2 Å². The van der Waals surface area contributed by atoms with E-state index in [-0.39, 0.29) is 0 Å². The first-order valence-corrected chi connectivity index (χ1v) is 7.21. The lowest BCUT2D eigenvalue weighted by Crippen LogP contribution is -2.35. The molecule has 0 aliphatic carbocycles. The van der Waals surface area contributed by atoms with E-state index in [2.05, 4.69) is 11.8 Å². The van der Waals surface area contributed by atoms with Crippen molar-refractivity contribution in [3.63, 3.8) is 0 Å². The Bertz CT molecular complexity index is 369. The van der Waals surface area contributed by atoms with Crippen LogP contribution < -0.4 is 4.74 Å². The summed E-state index contributed by atoms with van der Waals surface area (Å²) < 4.78 is 5.69. The van der Waals surface area contributed by atoms with Gasteiger partial charge in [0, 0.05) is 6.54 Å². The Morgan fingerprint density at radius 1 is 1.22 bits per heavy atom. The van der Waals surface area contributed by atoms with Crippen molar-refractivity contribution in [2.45, 2.75) is 19.8 Å². The number of likely N-dealkylation sites (tertiary alicyclic amines) is 1. The van der Waals surface area contributed by atoms with Gasteiger partial charge in [-0.15, -0.1) is 0 Å². The molecule has 1 fully saturated rings. The zero-order valence-electron chi connectivity index (χ0n) is 10.7. The second-order valence-corrected chi connectivity index (χ2v) is 5.74. The minimum Gasteiger partial charge on any atom is -0.489 e. The van der Waals surface area contributed by atoms with Gasteiger partial charge in [-0.25, -0.2) is 0 Å². The van der Waals surface area contributed by atoms with Gasteiger partial charge in [0.1, 0.15) is 6.61 Å². The Kier molecular flexibility index (Phi) is 5.16. The van der Waals surface area contributed by atoms with Gasteiger partial charge in [0.25, 0.3) is 0 Å². The zero-order chi connectivity index (χ0) is 13.0. The summed E-state index contributed by atoms with van der Waals surface area (Å²) in [5.74, 6) is 1.46. The number of rotatable bonds is 4. The SMILES string of the molecule is CC1CCN(CCOc2c(Cl)cccc2Cl)CC1. The Labute approximate surface area is 119 Å². The predicted molar refractivity (Wildman–Crippen MR) is 76.8 cm³/mol. The van der Waals surface area contributed by atoms with Crippen LogP contribution in [0.2, 0.25) is 10.0 Å². The number of nitrogens with zero attached hydrogens (tertiary/aromatic N) is 1. The minimum atomic E-state index is 0.578. The van der Waals surface area contributed by atoms with E-state index in [1.54, 1.807) is 12.1 Å². The molecule has 0 radical (unpaired) electrons. The van der Waals surface area contributed by atoms with E-state index in [9.17, 15) is 0 Å². The summed E-state index contributed by atoms with van der Waals surface area (Å²) in [5, 5.41) is 1.16. The number of hydrogen-bond donors (Lipinski definition) is 0. The van der Waals surface area contributed by atoms with Gasteiger partial charge in [0.15, 0.2) is 5.75 Å². The molecule has 2 nitrogen and oxygen atoms in total. The van der Waals surface area contributed by atoms with Gasteiger partial charge in [0.2, 0.25) is 0 Å². The standard InChI is InChI=1S/C14H19Cl2NO/c1-11-5-7-17(8-6-11)9-10-18-14-12(15)3-2-4-13(14)16/h2-4,11H,5-10H2,1H3. The highest BCUT2D eigenvalue weighted by Gasteiger charge is 2.15. The number of ether oxygens (including phenoxy) is 1. The number of para-hydroxylation sites is 1. The first-order chi connectivity index (χ1) is 8.66. The van der Waals surface area contributed by atoms with Gasteiger partial charge in [-0.3, -0.25) is 4.90 Å². The van der Waals surface area contributed by atoms with Gasteiger partial charge < -0.3 is 4.74 Å². The van der Waals surface area contributed by atoms with Crippen molar-refractivity contribution in [2.75, 3.05) is 26.2 Å². The lowest BCUT2D eigenvalue weighted by molar-refractivity contribution is 0.160. The first kappa shape index (κ1) is 14.0. The third-order valence-corrected chi connectivity index (χ3v) is 4.04. The number of piperidine rings is 1. The van der Waals surface area contributed by atoms with Crippen LogP contribution in [0.5, 0.6) is 5.75 Å².